The van der Waals surface area contributed by atoms with Crippen LogP contribution in [0.3, 0.4) is 0 Å². The van der Waals surface area contributed by atoms with Gasteiger partial charge in [-0.15, -0.1) is 11.3 Å². The van der Waals surface area contributed by atoms with Crippen LogP contribution < -0.4 is 10.2 Å². The lowest BCUT2D eigenvalue weighted by molar-refractivity contribution is -0.122. The SMILES string of the molecule is CC(=O)N1c2ccc(-c3csc(NC(=O)C4CCC4)n3)cc2C[C@@H]1C. The quantitative estimate of drug-likeness (QED) is 0.910. The normalized spacial score (nSPS) is 19.4. The van der Waals surface area contributed by atoms with E-state index >= 15 is 0 Å². The zero-order valence-corrected chi connectivity index (χ0v) is 15.2. The molecule has 25 heavy (non-hydrogen) atoms. The highest BCUT2D eigenvalue weighted by atomic mass is 32.1. The average Bonchev–Trinajstić information content (AvgIpc) is 3.07. The highest BCUT2D eigenvalue weighted by Gasteiger charge is 2.29. The fourth-order valence-corrected chi connectivity index (χ4v) is 4.33. The third kappa shape index (κ3) is 2.95. The van der Waals surface area contributed by atoms with E-state index in [-0.39, 0.29) is 23.8 Å². The number of benzene rings is 1. The number of rotatable bonds is 3. The number of carbonyl (C=O) groups is 2. The maximum Gasteiger partial charge on any atom is 0.229 e. The molecule has 6 heteroatoms. The first-order valence-corrected chi connectivity index (χ1v) is 9.60. The Morgan fingerprint density at radius 3 is 2.80 bits per heavy atom. The minimum atomic E-state index is 0.0775. The Hall–Kier alpha value is -2.21. The van der Waals surface area contributed by atoms with E-state index in [2.05, 4.69) is 23.3 Å². The van der Waals surface area contributed by atoms with Gasteiger partial charge in [0.05, 0.1) is 5.69 Å². The van der Waals surface area contributed by atoms with Crippen molar-refractivity contribution >= 4 is 34.0 Å². The number of hydrogen-bond acceptors (Lipinski definition) is 4. The number of carbonyl (C=O) groups excluding carboxylic acids is 2. The second kappa shape index (κ2) is 6.26. The molecule has 1 fully saturated rings. The van der Waals surface area contributed by atoms with E-state index in [0.717, 1.165) is 42.6 Å². The smallest absolute Gasteiger partial charge is 0.229 e. The molecule has 2 aliphatic rings. The summed E-state index contributed by atoms with van der Waals surface area (Å²) in [6.07, 6.45) is 3.98. The predicted octanol–water partition coefficient (Wildman–Crippen LogP) is 3.85. The summed E-state index contributed by atoms with van der Waals surface area (Å²) in [5, 5.41) is 5.56. The Bertz CT molecular complexity index is 841. The van der Waals surface area contributed by atoms with Gasteiger partial charge < -0.3 is 10.2 Å². The van der Waals surface area contributed by atoms with Gasteiger partial charge >= 0.3 is 0 Å². The van der Waals surface area contributed by atoms with Gasteiger partial charge in [-0.3, -0.25) is 9.59 Å². The molecule has 1 N–H and O–H groups in total. The number of hydrogen-bond donors (Lipinski definition) is 1. The van der Waals surface area contributed by atoms with Gasteiger partial charge in [0.1, 0.15) is 0 Å². The van der Waals surface area contributed by atoms with Crippen LogP contribution in [0.25, 0.3) is 11.3 Å². The van der Waals surface area contributed by atoms with Crippen LogP contribution in [0.2, 0.25) is 0 Å². The zero-order valence-electron chi connectivity index (χ0n) is 14.4. The second-order valence-electron chi connectivity index (χ2n) is 6.94. The topological polar surface area (TPSA) is 62.3 Å². The number of fused-ring (bicyclic) bond motifs is 1. The molecule has 5 nitrogen and oxygen atoms in total. The van der Waals surface area contributed by atoms with Crippen LogP contribution in [0, 0.1) is 5.92 Å². The first kappa shape index (κ1) is 16.3. The van der Waals surface area contributed by atoms with Gasteiger partial charge in [-0.2, -0.15) is 0 Å². The molecule has 1 aliphatic carbocycles. The third-order valence-electron chi connectivity index (χ3n) is 5.14. The molecule has 1 aromatic heterocycles. The maximum atomic E-state index is 12.0. The van der Waals surface area contributed by atoms with Crippen molar-refractivity contribution in [1.82, 2.24) is 4.98 Å². The number of anilines is 2. The van der Waals surface area contributed by atoms with Gasteiger partial charge in [0, 0.05) is 35.5 Å². The maximum absolute atomic E-state index is 12.0. The largest absolute Gasteiger partial charge is 0.309 e. The van der Waals surface area contributed by atoms with Crippen LogP contribution >= 0.6 is 11.3 Å². The molecule has 130 valence electrons. The Morgan fingerprint density at radius 2 is 2.12 bits per heavy atom. The summed E-state index contributed by atoms with van der Waals surface area (Å²) in [7, 11) is 0. The molecule has 0 bridgehead atoms. The van der Waals surface area contributed by atoms with E-state index in [1.165, 1.54) is 16.9 Å². The van der Waals surface area contributed by atoms with Gasteiger partial charge in [-0.1, -0.05) is 12.5 Å². The standard InChI is InChI=1S/C19H21N3O2S/c1-11-8-15-9-14(6-7-17(15)22(11)12(2)23)16-10-25-19(20-16)21-18(24)13-4-3-5-13/h6-7,9-11,13H,3-5,8H2,1-2H3,(H,20,21,24)/t11-/m0/s1. The number of amides is 2. The van der Waals surface area contributed by atoms with Gasteiger partial charge in [-0.25, -0.2) is 4.98 Å². The average molecular weight is 355 g/mol. The minimum Gasteiger partial charge on any atom is -0.309 e. The molecule has 0 unspecified atom stereocenters. The number of thiazole rings is 1. The van der Waals surface area contributed by atoms with Crippen LogP contribution in [-0.2, 0) is 16.0 Å². The molecule has 1 aliphatic heterocycles. The molecule has 4 rings (SSSR count). The molecule has 1 atom stereocenters. The van der Waals surface area contributed by atoms with Crippen molar-refractivity contribution in [2.75, 3.05) is 10.2 Å². The van der Waals surface area contributed by atoms with E-state index in [9.17, 15) is 9.59 Å². The molecule has 2 aromatic rings. The van der Waals surface area contributed by atoms with Crippen LogP contribution in [0.4, 0.5) is 10.8 Å². The van der Waals surface area contributed by atoms with Crippen LogP contribution in [0.1, 0.15) is 38.7 Å². The summed E-state index contributed by atoms with van der Waals surface area (Å²) in [5.74, 6) is 0.326. The van der Waals surface area contributed by atoms with Crippen LogP contribution in [-0.4, -0.2) is 22.8 Å². The Labute approximate surface area is 151 Å². The molecule has 1 aromatic carbocycles. The van der Waals surface area contributed by atoms with Crippen molar-refractivity contribution in [3.63, 3.8) is 0 Å². The summed E-state index contributed by atoms with van der Waals surface area (Å²) in [5.41, 5.74) is 4.06. The second-order valence-corrected chi connectivity index (χ2v) is 7.80. The van der Waals surface area contributed by atoms with E-state index in [1.54, 1.807) is 6.92 Å². The summed E-state index contributed by atoms with van der Waals surface area (Å²) < 4.78 is 0. The van der Waals surface area contributed by atoms with E-state index in [4.69, 9.17) is 0 Å². The van der Waals surface area contributed by atoms with Crippen molar-refractivity contribution in [2.24, 2.45) is 5.92 Å². The fourth-order valence-electron chi connectivity index (χ4n) is 3.61. The highest BCUT2D eigenvalue weighted by molar-refractivity contribution is 7.14. The first-order chi connectivity index (χ1) is 12.0. The van der Waals surface area contributed by atoms with Gasteiger partial charge in [0.15, 0.2) is 5.13 Å². The third-order valence-corrected chi connectivity index (χ3v) is 5.90. The summed E-state index contributed by atoms with van der Waals surface area (Å²) >= 11 is 1.46. The van der Waals surface area contributed by atoms with E-state index in [0.29, 0.717) is 5.13 Å². The summed E-state index contributed by atoms with van der Waals surface area (Å²) in [4.78, 5) is 30.3. The zero-order chi connectivity index (χ0) is 17.6. The Morgan fingerprint density at radius 1 is 1.32 bits per heavy atom. The van der Waals surface area contributed by atoms with Crippen LogP contribution in [0.15, 0.2) is 23.6 Å². The van der Waals surface area contributed by atoms with Crippen molar-refractivity contribution in [3.05, 3.63) is 29.1 Å². The van der Waals surface area contributed by atoms with Crippen molar-refractivity contribution in [2.45, 2.75) is 45.6 Å². The van der Waals surface area contributed by atoms with Crippen molar-refractivity contribution in [1.29, 1.82) is 0 Å². The van der Waals surface area contributed by atoms with Gasteiger partial charge in [0.2, 0.25) is 11.8 Å². The molecular formula is C19H21N3O2S. The Balaban J connectivity index is 1.54. The van der Waals surface area contributed by atoms with Gasteiger partial charge in [0.25, 0.3) is 0 Å². The van der Waals surface area contributed by atoms with Crippen molar-refractivity contribution < 1.29 is 9.59 Å². The van der Waals surface area contributed by atoms with E-state index in [1.807, 2.05) is 22.4 Å². The van der Waals surface area contributed by atoms with Crippen LogP contribution in [0.5, 0.6) is 0 Å². The fraction of sp³-hybridized carbons (Fsp3) is 0.421. The number of aromatic nitrogens is 1. The van der Waals surface area contributed by atoms with E-state index < -0.39 is 0 Å². The Kier molecular flexibility index (Phi) is 4.07. The molecule has 1 saturated carbocycles. The lowest BCUT2D eigenvalue weighted by Gasteiger charge is -2.23. The molecule has 0 saturated heterocycles. The molecule has 2 heterocycles. The first-order valence-electron chi connectivity index (χ1n) is 8.72. The molecule has 0 radical (unpaired) electrons. The lowest BCUT2D eigenvalue weighted by Crippen LogP contribution is -2.33. The summed E-state index contributed by atoms with van der Waals surface area (Å²) in [6, 6.07) is 6.30. The number of nitrogens with zero attached hydrogens (tertiary/aromatic N) is 2. The highest BCUT2D eigenvalue weighted by Crippen LogP contribution is 2.36. The molecular weight excluding hydrogens is 334 g/mol. The monoisotopic (exact) mass is 355 g/mol. The lowest BCUT2D eigenvalue weighted by atomic mass is 9.85. The van der Waals surface area contributed by atoms with Crippen molar-refractivity contribution in [3.8, 4) is 11.3 Å². The molecule has 2 amide bonds. The molecule has 0 spiro atoms. The summed E-state index contributed by atoms with van der Waals surface area (Å²) in [6.45, 7) is 3.68. The van der Waals surface area contributed by atoms with Gasteiger partial charge in [-0.05, 0) is 43.9 Å². The minimum absolute atomic E-state index is 0.0775. The number of nitrogens with one attached hydrogen (secondary N) is 1. The predicted molar refractivity (Wildman–Crippen MR) is 99.8 cm³/mol.